The highest BCUT2D eigenvalue weighted by Gasteiger charge is 2.43. The van der Waals surface area contributed by atoms with Gasteiger partial charge in [0.25, 0.3) is 0 Å². The standard InChI is InChI=1S/C17H27N3O3/c21-14-9-8-13(19-14)15(22)20-17(10-4-1-5-11-17)16(23)18-12-6-2-3-7-12/h12-13H,1-11H2,(H,18,23)(H,19,21)(H,20,22)/t13-/m0/s1. The van der Waals surface area contributed by atoms with Gasteiger partial charge in [0.2, 0.25) is 17.7 Å². The second-order valence-electron chi connectivity index (χ2n) is 7.25. The molecule has 0 aromatic carbocycles. The maximum atomic E-state index is 12.9. The number of carbonyl (C=O) groups excluding carboxylic acids is 3. The van der Waals surface area contributed by atoms with Crippen LogP contribution in [0, 0.1) is 0 Å². The third kappa shape index (κ3) is 3.67. The van der Waals surface area contributed by atoms with E-state index >= 15 is 0 Å². The molecular formula is C17H27N3O3. The van der Waals surface area contributed by atoms with Crippen molar-refractivity contribution < 1.29 is 14.4 Å². The van der Waals surface area contributed by atoms with Crippen LogP contribution in [0.4, 0.5) is 0 Å². The summed E-state index contributed by atoms with van der Waals surface area (Å²) in [6.07, 6.45) is 9.71. The third-order valence-corrected chi connectivity index (χ3v) is 5.51. The molecule has 0 spiro atoms. The Balaban J connectivity index is 1.66. The van der Waals surface area contributed by atoms with E-state index in [2.05, 4.69) is 16.0 Å². The van der Waals surface area contributed by atoms with Gasteiger partial charge in [-0.2, -0.15) is 0 Å². The summed E-state index contributed by atoms with van der Waals surface area (Å²) in [5.41, 5.74) is -0.786. The van der Waals surface area contributed by atoms with E-state index in [9.17, 15) is 14.4 Å². The average molecular weight is 321 g/mol. The fourth-order valence-electron chi connectivity index (χ4n) is 4.09. The lowest BCUT2D eigenvalue weighted by molar-refractivity contribution is -0.136. The molecule has 3 fully saturated rings. The van der Waals surface area contributed by atoms with Gasteiger partial charge in [-0.15, -0.1) is 0 Å². The van der Waals surface area contributed by atoms with E-state index in [1.165, 1.54) is 12.8 Å². The molecule has 23 heavy (non-hydrogen) atoms. The predicted molar refractivity (Wildman–Crippen MR) is 85.5 cm³/mol. The summed E-state index contributed by atoms with van der Waals surface area (Å²) in [6.45, 7) is 0. The van der Waals surface area contributed by atoms with Crippen LogP contribution in [0.3, 0.4) is 0 Å². The second kappa shape index (κ2) is 6.89. The summed E-state index contributed by atoms with van der Waals surface area (Å²) in [5, 5.41) is 8.85. The zero-order valence-corrected chi connectivity index (χ0v) is 13.7. The van der Waals surface area contributed by atoms with E-state index in [4.69, 9.17) is 0 Å². The first kappa shape index (κ1) is 16.3. The van der Waals surface area contributed by atoms with Crippen LogP contribution in [-0.4, -0.2) is 35.3 Å². The van der Waals surface area contributed by atoms with Crippen LogP contribution in [0.1, 0.15) is 70.6 Å². The minimum Gasteiger partial charge on any atom is -0.351 e. The second-order valence-corrected chi connectivity index (χ2v) is 7.25. The van der Waals surface area contributed by atoms with Crippen LogP contribution < -0.4 is 16.0 Å². The minimum atomic E-state index is -0.786. The Kier molecular flexibility index (Phi) is 4.87. The Morgan fingerprint density at radius 2 is 1.70 bits per heavy atom. The van der Waals surface area contributed by atoms with Crippen LogP contribution in [-0.2, 0) is 14.4 Å². The van der Waals surface area contributed by atoms with Gasteiger partial charge in [-0.05, 0) is 32.1 Å². The molecule has 0 radical (unpaired) electrons. The zero-order valence-electron chi connectivity index (χ0n) is 13.7. The van der Waals surface area contributed by atoms with Gasteiger partial charge >= 0.3 is 0 Å². The zero-order chi connectivity index (χ0) is 16.3. The molecule has 1 aliphatic heterocycles. The molecule has 1 atom stereocenters. The van der Waals surface area contributed by atoms with Gasteiger partial charge in [0.1, 0.15) is 11.6 Å². The first-order valence-electron chi connectivity index (χ1n) is 9.01. The highest BCUT2D eigenvalue weighted by Crippen LogP contribution is 2.30. The van der Waals surface area contributed by atoms with Crippen molar-refractivity contribution in [3.05, 3.63) is 0 Å². The molecule has 0 aromatic rings. The first-order valence-corrected chi connectivity index (χ1v) is 9.01. The van der Waals surface area contributed by atoms with Crippen molar-refractivity contribution in [3.63, 3.8) is 0 Å². The molecule has 1 heterocycles. The summed E-state index contributed by atoms with van der Waals surface area (Å²) < 4.78 is 0. The van der Waals surface area contributed by atoms with E-state index < -0.39 is 11.6 Å². The van der Waals surface area contributed by atoms with Crippen LogP contribution in [0.5, 0.6) is 0 Å². The molecule has 128 valence electrons. The molecule has 0 aromatic heterocycles. The van der Waals surface area contributed by atoms with E-state index in [0.717, 1.165) is 32.1 Å². The van der Waals surface area contributed by atoms with Crippen molar-refractivity contribution in [1.29, 1.82) is 0 Å². The molecular weight excluding hydrogens is 294 g/mol. The Morgan fingerprint density at radius 3 is 2.30 bits per heavy atom. The van der Waals surface area contributed by atoms with E-state index in [0.29, 0.717) is 25.7 Å². The largest absolute Gasteiger partial charge is 0.351 e. The first-order chi connectivity index (χ1) is 11.1. The smallest absolute Gasteiger partial charge is 0.245 e. The van der Waals surface area contributed by atoms with Gasteiger partial charge in [-0.3, -0.25) is 14.4 Å². The fourth-order valence-corrected chi connectivity index (χ4v) is 4.09. The van der Waals surface area contributed by atoms with Crippen LogP contribution in [0.15, 0.2) is 0 Å². The monoisotopic (exact) mass is 321 g/mol. The van der Waals surface area contributed by atoms with Crippen molar-refractivity contribution in [2.75, 3.05) is 0 Å². The van der Waals surface area contributed by atoms with Crippen molar-refractivity contribution >= 4 is 17.7 Å². The average Bonchev–Trinajstić information content (AvgIpc) is 3.20. The molecule has 3 amide bonds. The highest BCUT2D eigenvalue weighted by molar-refractivity contribution is 5.96. The quantitative estimate of drug-likeness (QED) is 0.726. The molecule has 0 unspecified atom stereocenters. The lowest BCUT2D eigenvalue weighted by Gasteiger charge is -2.38. The number of nitrogens with one attached hydrogen (secondary N) is 3. The summed E-state index contributed by atoms with van der Waals surface area (Å²) in [6, 6.07) is -0.232. The number of carbonyl (C=O) groups is 3. The molecule has 0 bridgehead atoms. The summed E-state index contributed by atoms with van der Waals surface area (Å²) in [5.74, 6) is -0.320. The van der Waals surface area contributed by atoms with E-state index in [1.54, 1.807) is 0 Å². The Bertz CT molecular complexity index is 479. The summed E-state index contributed by atoms with van der Waals surface area (Å²) in [4.78, 5) is 36.7. The Hall–Kier alpha value is -1.59. The SMILES string of the molecule is O=C1CC[C@@H](C(=O)NC2(C(=O)NC3CCCC3)CCCCC2)N1. The fraction of sp³-hybridized carbons (Fsp3) is 0.824. The number of hydrogen-bond acceptors (Lipinski definition) is 3. The van der Waals surface area contributed by atoms with Crippen molar-refractivity contribution in [2.24, 2.45) is 0 Å². The molecule has 1 saturated heterocycles. The number of amides is 3. The lowest BCUT2D eigenvalue weighted by Crippen LogP contribution is -2.63. The van der Waals surface area contributed by atoms with Crippen molar-refractivity contribution in [3.8, 4) is 0 Å². The maximum absolute atomic E-state index is 12.9. The van der Waals surface area contributed by atoms with Gasteiger partial charge in [0, 0.05) is 12.5 Å². The number of hydrogen-bond donors (Lipinski definition) is 3. The van der Waals surface area contributed by atoms with Gasteiger partial charge in [-0.1, -0.05) is 32.1 Å². The molecule has 3 aliphatic rings. The molecule has 2 aliphatic carbocycles. The molecule has 6 heteroatoms. The molecule has 3 rings (SSSR count). The minimum absolute atomic E-state index is 0.0261. The van der Waals surface area contributed by atoms with Gasteiger partial charge in [0.15, 0.2) is 0 Å². The van der Waals surface area contributed by atoms with Crippen molar-refractivity contribution in [1.82, 2.24) is 16.0 Å². The van der Waals surface area contributed by atoms with E-state index in [-0.39, 0.29) is 23.8 Å². The van der Waals surface area contributed by atoms with Crippen LogP contribution in [0.25, 0.3) is 0 Å². The third-order valence-electron chi connectivity index (χ3n) is 5.51. The lowest BCUT2D eigenvalue weighted by atomic mass is 9.80. The maximum Gasteiger partial charge on any atom is 0.245 e. The van der Waals surface area contributed by atoms with Crippen LogP contribution >= 0.6 is 0 Å². The predicted octanol–water partition coefficient (Wildman–Crippen LogP) is 1.14. The van der Waals surface area contributed by atoms with Gasteiger partial charge < -0.3 is 16.0 Å². The molecule has 2 saturated carbocycles. The van der Waals surface area contributed by atoms with Crippen molar-refractivity contribution in [2.45, 2.75) is 88.3 Å². The summed E-state index contributed by atoms with van der Waals surface area (Å²) >= 11 is 0. The van der Waals surface area contributed by atoms with Gasteiger partial charge in [-0.25, -0.2) is 0 Å². The van der Waals surface area contributed by atoms with E-state index in [1.807, 2.05) is 0 Å². The normalized spacial score (nSPS) is 27.5. The Labute approximate surface area is 137 Å². The highest BCUT2D eigenvalue weighted by atomic mass is 16.2. The Morgan fingerprint density at radius 1 is 1.00 bits per heavy atom. The molecule has 6 nitrogen and oxygen atoms in total. The molecule has 3 N–H and O–H groups in total. The van der Waals surface area contributed by atoms with Crippen LogP contribution in [0.2, 0.25) is 0 Å². The number of rotatable bonds is 4. The summed E-state index contributed by atoms with van der Waals surface area (Å²) in [7, 11) is 0. The van der Waals surface area contributed by atoms with Gasteiger partial charge in [0.05, 0.1) is 0 Å². The topological polar surface area (TPSA) is 87.3 Å².